The van der Waals surface area contributed by atoms with Gasteiger partial charge < -0.3 is 5.32 Å². The predicted molar refractivity (Wildman–Crippen MR) is 104 cm³/mol. The van der Waals surface area contributed by atoms with E-state index in [1.54, 1.807) is 11.3 Å². The largest absolute Gasteiger partial charge is 0.355 e. The fourth-order valence-corrected chi connectivity index (χ4v) is 4.92. The molecule has 26 heavy (non-hydrogen) atoms. The number of hydrogen-bond donors (Lipinski definition) is 1. The summed E-state index contributed by atoms with van der Waals surface area (Å²) in [6.45, 7) is 2.67. The van der Waals surface area contributed by atoms with Crippen molar-refractivity contribution in [2.24, 2.45) is 0 Å². The number of thiophene rings is 1. The van der Waals surface area contributed by atoms with Crippen molar-refractivity contribution in [3.63, 3.8) is 0 Å². The van der Waals surface area contributed by atoms with Gasteiger partial charge in [0.2, 0.25) is 5.91 Å². The van der Waals surface area contributed by atoms with E-state index in [1.807, 2.05) is 36.0 Å². The number of carbonyl (C=O) groups excluding carboxylic acids is 1. The molecule has 0 atom stereocenters. The third-order valence-corrected chi connectivity index (χ3v) is 6.38. The van der Waals surface area contributed by atoms with Gasteiger partial charge in [0.25, 0.3) is 0 Å². The molecule has 1 amide bonds. The van der Waals surface area contributed by atoms with E-state index >= 15 is 0 Å². The Morgan fingerprint density at radius 2 is 2.23 bits per heavy atom. The second-order valence-corrected chi connectivity index (χ2v) is 8.12. The second kappa shape index (κ2) is 7.19. The maximum absolute atomic E-state index is 12.9. The fraction of sp³-hybridized carbons (Fsp3) is 0.450. The zero-order valence-electron chi connectivity index (χ0n) is 15.1. The van der Waals surface area contributed by atoms with Gasteiger partial charge in [-0.3, -0.25) is 4.79 Å². The average Bonchev–Trinajstić information content (AvgIpc) is 3.37. The zero-order valence-corrected chi connectivity index (χ0v) is 15.9. The van der Waals surface area contributed by atoms with Crippen LogP contribution < -0.4 is 5.32 Å². The van der Waals surface area contributed by atoms with E-state index in [-0.39, 0.29) is 11.3 Å². The Morgan fingerprint density at radius 3 is 3.00 bits per heavy atom. The average molecular weight is 369 g/mol. The van der Waals surface area contributed by atoms with Gasteiger partial charge in [0.1, 0.15) is 0 Å². The Balaban J connectivity index is 1.34. The number of rotatable bonds is 6. The van der Waals surface area contributed by atoms with Crippen LogP contribution in [0.1, 0.15) is 48.2 Å². The zero-order chi connectivity index (χ0) is 18.0. The Labute approximate surface area is 157 Å². The summed E-state index contributed by atoms with van der Waals surface area (Å²) in [5.41, 5.74) is 2.70. The lowest BCUT2D eigenvalue weighted by atomic mass is 9.83. The predicted octanol–water partition coefficient (Wildman–Crippen LogP) is 3.66. The maximum atomic E-state index is 12.9. The van der Waals surface area contributed by atoms with Crippen molar-refractivity contribution in [1.29, 1.82) is 0 Å². The molecule has 3 aromatic heterocycles. The number of aromatic nitrogens is 3. The molecular weight excluding hydrogens is 344 g/mol. The van der Waals surface area contributed by atoms with Crippen LogP contribution >= 0.6 is 11.3 Å². The minimum absolute atomic E-state index is 0.203. The van der Waals surface area contributed by atoms with E-state index in [0.717, 1.165) is 55.4 Å². The third-order valence-electron chi connectivity index (χ3n) is 5.30. The van der Waals surface area contributed by atoms with Gasteiger partial charge in [-0.1, -0.05) is 18.9 Å². The monoisotopic (exact) mass is 368 g/mol. The van der Waals surface area contributed by atoms with Gasteiger partial charge in [0.15, 0.2) is 5.65 Å². The first-order valence-corrected chi connectivity index (χ1v) is 10.2. The summed E-state index contributed by atoms with van der Waals surface area (Å²) in [5.74, 6) is 0.203. The SMILES string of the molecule is Cc1cc2ncc(CCCNC(=O)C3(c4cccs4)CCCC3)cn2n1. The van der Waals surface area contributed by atoms with Gasteiger partial charge in [0, 0.05) is 29.9 Å². The summed E-state index contributed by atoms with van der Waals surface area (Å²) in [6.07, 6.45) is 9.94. The topological polar surface area (TPSA) is 59.3 Å². The van der Waals surface area contributed by atoms with Crippen molar-refractivity contribution >= 4 is 22.9 Å². The Morgan fingerprint density at radius 1 is 1.38 bits per heavy atom. The number of fused-ring (bicyclic) bond motifs is 1. The molecule has 0 saturated heterocycles. The van der Waals surface area contributed by atoms with Crippen molar-refractivity contribution in [2.45, 2.75) is 50.9 Å². The van der Waals surface area contributed by atoms with E-state index in [1.165, 1.54) is 4.88 Å². The molecule has 0 unspecified atom stereocenters. The molecule has 5 nitrogen and oxygen atoms in total. The van der Waals surface area contributed by atoms with Crippen LogP contribution in [0.15, 0.2) is 36.0 Å². The van der Waals surface area contributed by atoms with E-state index < -0.39 is 0 Å². The highest BCUT2D eigenvalue weighted by Crippen LogP contribution is 2.43. The molecule has 6 heteroatoms. The van der Waals surface area contributed by atoms with Gasteiger partial charge in [-0.05, 0) is 49.6 Å². The summed E-state index contributed by atoms with van der Waals surface area (Å²) in [6, 6.07) is 6.13. The number of hydrogen-bond acceptors (Lipinski definition) is 4. The molecule has 1 fully saturated rings. The lowest BCUT2D eigenvalue weighted by molar-refractivity contribution is -0.126. The first-order valence-electron chi connectivity index (χ1n) is 9.31. The van der Waals surface area contributed by atoms with Crippen molar-refractivity contribution < 1.29 is 4.79 Å². The number of nitrogens with one attached hydrogen (secondary N) is 1. The molecule has 1 aliphatic carbocycles. The van der Waals surface area contributed by atoms with Gasteiger partial charge in [-0.15, -0.1) is 11.3 Å². The summed E-state index contributed by atoms with van der Waals surface area (Å²) >= 11 is 1.71. The van der Waals surface area contributed by atoms with E-state index in [0.29, 0.717) is 6.54 Å². The molecule has 0 bridgehead atoms. The number of nitrogens with zero attached hydrogens (tertiary/aromatic N) is 3. The third kappa shape index (κ3) is 3.26. The highest BCUT2D eigenvalue weighted by atomic mass is 32.1. The van der Waals surface area contributed by atoms with Gasteiger partial charge in [-0.2, -0.15) is 5.10 Å². The minimum atomic E-state index is -0.290. The number of carbonyl (C=O) groups is 1. The van der Waals surface area contributed by atoms with Crippen LogP contribution in [0.3, 0.4) is 0 Å². The highest BCUT2D eigenvalue weighted by Gasteiger charge is 2.43. The van der Waals surface area contributed by atoms with Crippen molar-refractivity contribution in [1.82, 2.24) is 19.9 Å². The van der Waals surface area contributed by atoms with Gasteiger partial charge >= 0.3 is 0 Å². The summed E-state index contributed by atoms with van der Waals surface area (Å²) in [7, 11) is 0. The van der Waals surface area contributed by atoms with Crippen molar-refractivity contribution in [3.05, 3.63) is 52.1 Å². The lowest BCUT2D eigenvalue weighted by Crippen LogP contribution is -2.42. The number of amides is 1. The van der Waals surface area contributed by atoms with Crippen LogP contribution in [0.4, 0.5) is 0 Å². The Kier molecular flexibility index (Phi) is 4.76. The normalized spacial score (nSPS) is 16.2. The van der Waals surface area contributed by atoms with Crippen LogP contribution in [0.2, 0.25) is 0 Å². The lowest BCUT2D eigenvalue weighted by Gasteiger charge is -2.26. The molecule has 0 aliphatic heterocycles. The van der Waals surface area contributed by atoms with Crippen LogP contribution in [0, 0.1) is 6.92 Å². The molecule has 4 rings (SSSR count). The molecule has 3 heterocycles. The van der Waals surface area contributed by atoms with Crippen molar-refractivity contribution in [2.75, 3.05) is 6.54 Å². The Bertz CT molecular complexity index is 894. The van der Waals surface area contributed by atoms with Gasteiger partial charge in [-0.25, -0.2) is 9.50 Å². The van der Waals surface area contributed by atoms with E-state index in [4.69, 9.17) is 0 Å². The standard InChI is InChI=1S/C20H24N4OS/c1-15-12-18-22-13-16(14-24(18)23-15)6-4-10-21-19(25)20(8-2-3-9-20)17-7-5-11-26-17/h5,7,11-14H,2-4,6,8-10H2,1H3,(H,21,25). The number of aryl methyl sites for hydroxylation is 2. The second-order valence-electron chi connectivity index (χ2n) is 7.18. The highest BCUT2D eigenvalue weighted by molar-refractivity contribution is 7.10. The van der Waals surface area contributed by atoms with Crippen molar-refractivity contribution in [3.8, 4) is 0 Å². The fourth-order valence-electron chi connectivity index (χ4n) is 3.94. The summed E-state index contributed by atoms with van der Waals surface area (Å²) in [4.78, 5) is 18.6. The maximum Gasteiger partial charge on any atom is 0.231 e. The molecule has 1 N–H and O–H groups in total. The van der Waals surface area contributed by atoms with Crippen LogP contribution in [-0.2, 0) is 16.6 Å². The van der Waals surface area contributed by atoms with Crippen LogP contribution in [0.25, 0.3) is 5.65 Å². The molecule has 0 spiro atoms. The first-order chi connectivity index (χ1) is 12.7. The molecule has 0 radical (unpaired) electrons. The molecule has 1 saturated carbocycles. The molecule has 136 valence electrons. The molecule has 1 aliphatic rings. The summed E-state index contributed by atoms with van der Waals surface area (Å²) < 4.78 is 1.83. The Hall–Kier alpha value is -2.21. The van der Waals surface area contributed by atoms with E-state index in [2.05, 4.69) is 26.8 Å². The smallest absolute Gasteiger partial charge is 0.231 e. The van der Waals surface area contributed by atoms with E-state index in [9.17, 15) is 4.79 Å². The van der Waals surface area contributed by atoms with Gasteiger partial charge in [0.05, 0.1) is 11.1 Å². The first kappa shape index (κ1) is 17.2. The molecule has 0 aromatic carbocycles. The van der Waals surface area contributed by atoms with Crippen LogP contribution in [-0.4, -0.2) is 27.0 Å². The molecular formula is C20H24N4OS. The quantitative estimate of drug-likeness (QED) is 0.676. The van der Waals surface area contributed by atoms with Crippen LogP contribution in [0.5, 0.6) is 0 Å². The molecule has 3 aromatic rings. The summed E-state index contributed by atoms with van der Waals surface area (Å²) in [5, 5.41) is 9.67. The minimum Gasteiger partial charge on any atom is -0.355 e.